The number of nitrogens with zero attached hydrogens (tertiary/aromatic N) is 5. The molecule has 10 nitrogen and oxygen atoms in total. The molecular weight excluding hydrogens is 428 g/mol. The molecule has 1 amide bonds. The Morgan fingerprint density at radius 1 is 1.33 bits per heavy atom. The third kappa shape index (κ3) is 5.39. The van der Waals surface area contributed by atoms with Gasteiger partial charge >= 0.3 is 0 Å². The Bertz CT molecular complexity index is 1060. The van der Waals surface area contributed by atoms with Gasteiger partial charge in [0.1, 0.15) is 5.75 Å². The number of ether oxygens (including phenoxy) is 1. The summed E-state index contributed by atoms with van der Waals surface area (Å²) in [4.78, 5) is 16.5. The molecule has 3 aromatic rings. The molecule has 0 fully saturated rings. The summed E-state index contributed by atoms with van der Waals surface area (Å²) in [6.45, 7) is 1.80. The van der Waals surface area contributed by atoms with Crippen LogP contribution in [0.5, 0.6) is 5.75 Å². The monoisotopic (exact) mass is 446 g/mol. The lowest BCUT2D eigenvalue weighted by Gasteiger charge is -2.10. The first kappa shape index (κ1) is 21.4. The molecule has 0 atom stereocenters. The van der Waals surface area contributed by atoms with Gasteiger partial charge in [-0.2, -0.15) is 5.10 Å². The molecule has 2 aromatic heterocycles. The predicted molar refractivity (Wildman–Crippen MR) is 118 cm³/mol. The normalized spacial score (nSPS) is 11.2. The molecule has 156 valence electrons. The van der Waals surface area contributed by atoms with Crippen LogP contribution in [-0.2, 0) is 4.79 Å². The molecule has 12 heteroatoms. The van der Waals surface area contributed by atoms with E-state index in [9.17, 15) is 4.79 Å². The van der Waals surface area contributed by atoms with Crippen LogP contribution < -0.4 is 21.3 Å². The summed E-state index contributed by atoms with van der Waals surface area (Å²) in [5, 5.41) is 15.7. The molecule has 0 aliphatic heterocycles. The lowest BCUT2D eigenvalue weighted by atomic mass is 10.3. The number of hydrogen-bond donors (Lipinski definition) is 3. The summed E-state index contributed by atoms with van der Waals surface area (Å²) in [5.74, 6) is 6.50. The molecule has 0 unspecified atom stereocenters. The van der Waals surface area contributed by atoms with Gasteiger partial charge in [0.15, 0.2) is 0 Å². The number of amides is 1. The Balaban J connectivity index is 1.59. The van der Waals surface area contributed by atoms with Gasteiger partial charge in [0.05, 0.1) is 30.0 Å². The highest BCUT2D eigenvalue weighted by atomic mass is 35.5. The summed E-state index contributed by atoms with van der Waals surface area (Å²) in [6, 6.07) is 10.5. The second-order valence-electron chi connectivity index (χ2n) is 5.88. The number of thioether (sulfide) groups is 1. The van der Waals surface area contributed by atoms with Crippen molar-refractivity contribution < 1.29 is 9.53 Å². The number of nitrogens with two attached hydrogens (primary N) is 1. The standard InChI is InChI=1S/C18H19ClN8O2S/c1-11(13-5-3-4-8-21-13)23-24-17-25-26-18(27(17)20)30-10-16(28)22-14-9-12(19)6-7-15(14)29-2/h3-9H,10,20H2,1-2H3,(H,22,28)(H,24,25)/b23-11+. The molecule has 0 saturated carbocycles. The van der Waals surface area contributed by atoms with Crippen molar-refractivity contribution in [2.45, 2.75) is 12.1 Å². The Labute approximate surface area is 181 Å². The van der Waals surface area contributed by atoms with Crippen LogP contribution in [0.25, 0.3) is 0 Å². The topological polar surface area (TPSA) is 132 Å². The fraction of sp³-hybridized carbons (Fsp3) is 0.167. The molecule has 0 spiro atoms. The van der Waals surface area contributed by atoms with E-state index in [4.69, 9.17) is 22.2 Å². The first-order valence-corrected chi connectivity index (χ1v) is 10.0. The van der Waals surface area contributed by atoms with Crippen LogP contribution in [0.2, 0.25) is 5.02 Å². The number of pyridine rings is 1. The van der Waals surface area contributed by atoms with Crippen LogP contribution in [0.3, 0.4) is 0 Å². The van der Waals surface area contributed by atoms with Crippen LogP contribution in [0, 0.1) is 0 Å². The smallest absolute Gasteiger partial charge is 0.264 e. The molecule has 0 radical (unpaired) electrons. The zero-order valence-electron chi connectivity index (χ0n) is 16.2. The highest BCUT2D eigenvalue weighted by molar-refractivity contribution is 7.99. The van der Waals surface area contributed by atoms with E-state index in [2.05, 4.69) is 31.0 Å². The van der Waals surface area contributed by atoms with Crippen molar-refractivity contribution in [2.75, 3.05) is 29.4 Å². The van der Waals surface area contributed by atoms with E-state index in [-0.39, 0.29) is 17.6 Å². The Morgan fingerprint density at radius 3 is 2.90 bits per heavy atom. The van der Waals surface area contributed by atoms with Gasteiger partial charge in [0.2, 0.25) is 11.1 Å². The van der Waals surface area contributed by atoms with Crippen LogP contribution in [0.15, 0.2) is 52.9 Å². The number of carbonyl (C=O) groups is 1. The van der Waals surface area contributed by atoms with Crippen molar-refractivity contribution in [2.24, 2.45) is 5.10 Å². The molecule has 1 aromatic carbocycles. The highest BCUT2D eigenvalue weighted by Crippen LogP contribution is 2.28. The predicted octanol–water partition coefficient (Wildman–Crippen LogP) is 2.62. The van der Waals surface area contributed by atoms with Gasteiger partial charge in [0.25, 0.3) is 5.95 Å². The first-order valence-electron chi connectivity index (χ1n) is 8.66. The Kier molecular flexibility index (Phi) is 7.09. The molecule has 2 heterocycles. The van der Waals surface area contributed by atoms with Gasteiger partial charge in [-0.15, -0.1) is 10.2 Å². The number of nitrogens with one attached hydrogen (secondary N) is 2. The SMILES string of the molecule is COc1ccc(Cl)cc1NC(=O)CSc1nnc(N/N=C(\C)c2ccccn2)n1N. The maximum absolute atomic E-state index is 12.3. The third-order valence-corrected chi connectivity index (χ3v) is 4.97. The van der Waals surface area contributed by atoms with Gasteiger partial charge in [-0.25, -0.2) is 10.1 Å². The first-order chi connectivity index (χ1) is 14.5. The quantitative estimate of drug-likeness (QED) is 0.208. The maximum Gasteiger partial charge on any atom is 0.264 e. The third-order valence-electron chi connectivity index (χ3n) is 3.79. The Hall–Kier alpha value is -3.31. The van der Waals surface area contributed by atoms with E-state index in [1.807, 2.05) is 18.2 Å². The molecule has 30 heavy (non-hydrogen) atoms. The average molecular weight is 447 g/mol. The highest BCUT2D eigenvalue weighted by Gasteiger charge is 2.14. The number of carbonyl (C=O) groups excluding carboxylic acids is 1. The van der Waals surface area contributed by atoms with Crippen molar-refractivity contribution >= 4 is 46.6 Å². The van der Waals surface area contributed by atoms with Crippen LogP contribution in [-0.4, -0.2) is 44.3 Å². The molecular formula is C18H19ClN8O2S. The van der Waals surface area contributed by atoms with E-state index >= 15 is 0 Å². The van der Waals surface area contributed by atoms with Gasteiger partial charge < -0.3 is 15.9 Å². The van der Waals surface area contributed by atoms with Crippen LogP contribution in [0.4, 0.5) is 11.6 Å². The zero-order chi connectivity index (χ0) is 21.5. The van der Waals surface area contributed by atoms with E-state index in [0.29, 0.717) is 27.3 Å². The summed E-state index contributed by atoms with van der Waals surface area (Å²) in [7, 11) is 1.51. The number of halogens is 1. The number of benzene rings is 1. The number of hydrazone groups is 1. The fourth-order valence-electron chi connectivity index (χ4n) is 2.31. The summed E-state index contributed by atoms with van der Waals surface area (Å²) < 4.78 is 6.43. The van der Waals surface area contributed by atoms with Gasteiger partial charge in [0, 0.05) is 11.2 Å². The van der Waals surface area contributed by atoms with Crippen molar-refractivity contribution in [3.05, 3.63) is 53.3 Å². The van der Waals surface area contributed by atoms with E-state index in [1.54, 1.807) is 31.3 Å². The molecule has 0 bridgehead atoms. The number of anilines is 2. The summed E-state index contributed by atoms with van der Waals surface area (Å²) in [6.07, 6.45) is 1.68. The second-order valence-corrected chi connectivity index (χ2v) is 7.26. The number of rotatable bonds is 8. The van der Waals surface area contributed by atoms with E-state index in [0.717, 1.165) is 17.5 Å². The average Bonchev–Trinajstić information content (AvgIpc) is 3.10. The molecule has 0 aliphatic rings. The molecule has 4 N–H and O–H groups in total. The lowest BCUT2D eigenvalue weighted by molar-refractivity contribution is -0.113. The van der Waals surface area contributed by atoms with Crippen molar-refractivity contribution in [3.63, 3.8) is 0 Å². The van der Waals surface area contributed by atoms with Gasteiger partial charge in [-0.1, -0.05) is 29.4 Å². The van der Waals surface area contributed by atoms with Crippen molar-refractivity contribution in [3.8, 4) is 5.75 Å². The summed E-state index contributed by atoms with van der Waals surface area (Å²) >= 11 is 7.09. The maximum atomic E-state index is 12.3. The number of methoxy groups -OCH3 is 1. The largest absolute Gasteiger partial charge is 0.495 e. The summed E-state index contributed by atoms with van der Waals surface area (Å²) in [5.41, 5.74) is 4.60. The lowest BCUT2D eigenvalue weighted by Crippen LogP contribution is -2.17. The van der Waals surface area contributed by atoms with E-state index < -0.39 is 0 Å². The van der Waals surface area contributed by atoms with Gasteiger partial charge in [-0.05, 0) is 37.3 Å². The van der Waals surface area contributed by atoms with Crippen molar-refractivity contribution in [1.82, 2.24) is 19.9 Å². The van der Waals surface area contributed by atoms with Crippen LogP contribution >= 0.6 is 23.4 Å². The molecule has 3 rings (SSSR count). The number of hydrogen-bond acceptors (Lipinski definition) is 9. The van der Waals surface area contributed by atoms with E-state index in [1.165, 1.54) is 11.8 Å². The fourth-order valence-corrected chi connectivity index (χ4v) is 3.14. The minimum atomic E-state index is -0.276. The minimum absolute atomic E-state index is 0.0568. The van der Waals surface area contributed by atoms with Gasteiger partial charge in [-0.3, -0.25) is 9.78 Å². The van der Waals surface area contributed by atoms with Crippen LogP contribution in [0.1, 0.15) is 12.6 Å². The second kappa shape index (κ2) is 9.94. The number of nitrogen functional groups attached to an aromatic ring is 1. The minimum Gasteiger partial charge on any atom is -0.495 e. The van der Waals surface area contributed by atoms with Crippen molar-refractivity contribution in [1.29, 1.82) is 0 Å². The molecule has 0 saturated heterocycles. The molecule has 0 aliphatic carbocycles. The Morgan fingerprint density at radius 2 is 2.17 bits per heavy atom. The number of aromatic nitrogens is 4. The zero-order valence-corrected chi connectivity index (χ0v) is 17.7.